The minimum absolute atomic E-state index is 0. The normalized spacial score (nSPS) is 13.5. The van der Waals surface area contributed by atoms with E-state index < -0.39 is 0 Å². The Hall–Kier alpha value is 1.92. The topological polar surface area (TPSA) is 24.7 Å². The van der Waals surface area contributed by atoms with Crippen LogP contribution in [-0.4, -0.2) is 56.2 Å². The van der Waals surface area contributed by atoms with Gasteiger partial charge in [-0.05, 0) is 0 Å². The van der Waals surface area contributed by atoms with Crippen molar-refractivity contribution < 1.29 is 51.0 Å². The Kier molecular flexibility index (Phi) is 25.6. The van der Waals surface area contributed by atoms with Crippen molar-refractivity contribution in [2.75, 3.05) is 0 Å². The van der Waals surface area contributed by atoms with Crippen LogP contribution in [0.15, 0.2) is 26.5 Å². The average molecular weight is 512 g/mol. The maximum Gasteiger partial charge on any atom is 4.00 e. The molecule has 2 heterocycles. The first-order chi connectivity index (χ1) is 5.00. The van der Waals surface area contributed by atoms with Crippen LogP contribution >= 0.6 is 0 Å². The van der Waals surface area contributed by atoms with Gasteiger partial charge in [-0.1, -0.05) is 0 Å². The molecule has 0 unspecified atom stereocenters. The van der Waals surface area contributed by atoms with Gasteiger partial charge >= 0.3 is 109 Å². The summed E-state index contributed by atoms with van der Waals surface area (Å²) >= 11 is -0.676. The molecule has 0 aromatic heterocycles. The fraction of sp³-hybridized carbons (Fsp3) is 0. The van der Waals surface area contributed by atoms with Gasteiger partial charge < -0.3 is 24.8 Å². The summed E-state index contributed by atoms with van der Waals surface area (Å²) < 4.78 is 12.0. The molecule has 0 atom stereocenters. The second-order valence-electron chi connectivity index (χ2n) is 1.41. The molecule has 0 N–H and O–H groups in total. The van der Waals surface area contributed by atoms with Gasteiger partial charge in [0.1, 0.15) is 0 Å². The van der Waals surface area contributed by atoms with E-state index in [0.717, 1.165) is 0 Å². The van der Waals surface area contributed by atoms with Gasteiger partial charge in [-0.15, -0.1) is 0 Å². The molecule has 0 aliphatic carbocycles. The first-order valence-corrected chi connectivity index (χ1v) is 8.56. The standard InChI is InChI=1S/2C3H2N.2ClH.2Sb.Zr.2H/c2*1-2-3-4;;;;;;;/h2*1-2H;2*1H;;;;;/q2*-2;;;2*+1;+4;;/p-2. The van der Waals surface area contributed by atoms with E-state index in [2.05, 4.69) is 26.8 Å². The molecule has 0 aromatic carbocycles. The second kappa shape index (κ2) is 16.4. The number of hydrogen-bond acceptors (Lipinski definition) is 2. The molecule has 2 aliphatic rings. The third kappa shape index (κ3) is 13.9. The summed E-state index contributed by atoms with van der Waals surface area (Å²) in [5.41, 5.74) is 0. The third-order valence-electron chi connectivity index (χ3n) is 0.723. The van der Waals surface area contributed by atoms with Crippen LogP contribution in [-0.2, 0) is 26.2 Å². The molecule has 0 amide bonds. The number of halogens is 2. The number of hydrogen-bond donors (Lipinski definition) is 0. The van der Waals surface area contributed by atoms with Crippen LogP contribution < -0.4 is 24.8 Å². The summed E-state index contributed by atoms with van der Waals surface area (Å²) in [5, 5.41) is 0. The van der Waals surface area contributed by atoms with Gasteiger partial charge in [0, 0.05) is 0 Å². The SMILES string of the molecule is [C-]1=[N][SbH][CH]=C1.[C-]1=[N][SbH][CH]=C1.[Cl-].[Cl-].[Zr+4]. The molecule has 0 spiro atoms. The summed E-state index contributed by atoms with van der Waals surface area (Å²) in [5.74, 6) is 0. The molecule has 0 fully saturated rings. The molecule has 7 heteroatoms. The van der Waals surface area contributed by atoms with E-state index >= 15 is 0 Å². The van der Waals surface area contributed by atoms with Gasteiger partial charge in [0.2, 0.25) is 0 Å². The zero-order valence-corrected chi connectivity index (χ0v) is 16.1. The van der Waals surface area contributed by atoms with Crippen molar-refractivity contribution in [2.45, 2.75) is 0 Å². The van der Waals surface area contributed by atoms with Gasteiger partial charge in [-0.2, -0.15) is 0 Å². The minimum Gasteiger partial charge on any atom is -1.00 e. The van der Waals surface area contributed by atoms with E-state index in [-0.39, 0.29) is 94.8 Å². The molecule has 2 aliphatic heterocycles. The Labute approximate surface area is 132 Å². The monoisotopic (exact) mass is 508 g/mol. The first kappa shape index (κ1) is 20.3. The Morgan fingerprint density at radius 2 is 1.23 bits per heavy atom. The molecular formula is C6H6Cl2N2Sb2Zr. The van der Waals surface area contributed by atoms with Crippen LogP contribution in [0.2, 0.25) is 0 Å². The smallest absolute Gasteiger partial charge is 1.00 e. The van der Waals surface area contributed by atoms with Gasteiger partial charge in [-0.3, -0.25) is 0 Å². The Balaban J connectivity index is -0.000000125. The van der Waals surface area contributed by atoms with Gasteiger partial charge in [-0.25, -0.2) is 0 Å². The largest absolute Gasteiger partial charge is 4.00 e. The first-order valence-electron chi connectivity index (χ1n) is 2.72. The van der Waals surface area contributed by atoms with Crippen molar-refractivity contribution in [1.82, 2.24) is 0 Å². The summed E-state index contributed by atoms with van der Waals surface area (Å²) in [7, 11) is 0. The van der Waals surface area contributed by atoms with E-state index in [1.807, 2.05) is 12.2 Å². The van der Waals surface area contributed by atoms with E-state index in [1.165, 1.54) is 0 Å². The van der Waals surface area contributed by atoms with Crippen LogP contribution in [0.25, 0.3) is 0 Å². The zero-order valence-electron chi connectivity index (χ0n) is 6.46. The van der Waals surface area contributed by atoms with Crippen molar-refractivity contribution in [3.8, 4) is 0 Å². The molecule has 0 bridgehead atoms. The second-order valence-corrected chi connectivity index (χ2v) is 6.06. The Bertz CT molecular complexity index is 165. The summed E-state index contributed by atoms with van der Waals surface area (Å²) in [4.78, 5) is 0. The van der Waals surface area contributed by atoms with Gasteiger partial charge in [0.05, 0.1) is 0 Å². The molecular weight excluding hydrogens is 506 g/mol. The number of rotatable bonds is 0. The third-order valence-corrected chi connectivity index (χ3v) is 4.00. The maximum absolute atomic E-state index is 3.89. The molecule has 2 rings (SSSR count). The average Bonchev–Trinajstić information content (AvgIpc) is 2.67. The predicted octanol–water partition coefficient (Wildman–Crippen LogP) is -6.37. The van der Waals surface area contributed by atoms with Crippen LogP contribution in [0.4, 0.5) is 0 Å². The van der Waals surface area contributed by atoms with Crippen molar-refractivity contribution in [1.29, 1.82) is 0 Å². The Morgan fingerprint density at radius 1 is 0.846 bits per heavy atom. The number of nitrogens with zero attached hydrogens (tertiary/aromatic N) is 2. The van der Waals surface area contributed by atoms with Gasteiger partial charge in [0.25, 0.3) is 0 Å². The summed E-state index contributed by atoms with van der Waals surface area (Å²) in [6, 6.07) is 0. The van der Waals surface area contributed by atoms with E-state index in [9.17, 15) is 0 Å². The molecule has 13 heavy (non-hydrogen) atoms. The van der Waals surface area contributed by atoms with Crippen molar-refractivity contribution in [3.63, 3.8) is 0 Å². The van der Waals surface area contributed by atoms with E-state index in [4.69, 9.17) is 0 Å². The molecule has 0 saturated carbocycles. The van der Waals surface area contributed by atoms with Crippen molar-refractivity contribution in [2.24, 2.45) is 6.30 Å². The number of allylic oxidation sites excluding steroid dienone is 2. The quantitative estimate of drug-likeness (QED) is 0.228. The van der Waals surface area contributed by atoms with Crippen LogP contribution in [0.3, 0.4) is 0 Å². The van der Waals surface area contributed by atoms with Gasteiger partial charge in [0.15, 0.2) is 0 Å². The predicted molar refractivity (Wildman–Crippen MR) is 47.4 cm³/mol. The van der Waals surface area contributed by atoms with Crippen molar-refractivity contribution >= 4 is 56.2 Å². The van der Waals surface area contributed by atoms with Crippen LogP contribution in [0.5, 0.6) is 0 Å². The molecule has 0 saturated heterocycles. The molecule has 0 radical (unpaired) electrons. The van der Waals surface area contributed by atoms with Crippen LogP contribution in [0.1, 0.15) is 0 Å². The summed E-state index contributed by atoms with van der Waals surface area (Å²) in [6.45, 7) is 0. The Morgan fingerprint density at radius 3 is 1.31 bits per heavy atom. The van der Waals surface area contributed by atoms with Crippen molar-refractivity contribution in [3.05, 3.63) is 20.2 Å². The van der Waals surface area contributed by atoms with E-state index in [1.54, 1.807) is 0 Å². The van der Waals surface area contributed by atoms with Crippen LogP contribution in [0, 0.1) is 0 Å². The molecule has 68 valence electrons. The molecule has 2 nitrogen and oxygen atoms in total. The maximum atomic E-state index is 3.89. The fourth-order valence-corrected chi connectivity index (χ4v) is 2.50. The zero-order chi connectivity index (χ0) is 7.07. The summed E-state index contributed by atoms with van der Waals surface area (Å²) in [6.07, 6.45) is 9.27. The molecule has 0 aromatic rings. The van der Waals surface area contributed by atoms with E-state index in [0.29, 0.717) is 0 Å². The minimum atomic E-state index is -0.338. The fourth-order valence-electron chi connectivity index (χ4n) is 0.373.